The molecule has 0 aliphatic carbocycles. The molecule has 1 spiro atoms. The lowest BCUT2D eigenvalue weighted by Crippen LogP contribution is -2.43. The van der Waals surface area contributed by atoms with Crippen molar-refractivity contribution in [2.24, 2.45) is 7.05 Å². The van der Waals surface area contributed by atoms with Crippen molar-refractivity contribution >= 4 is 21.4 Å². The van der Waals surface area contributed by atoms with Crippen LogP contribution in [-0.2, 0) is 26.4 Å². The second-order valence-electron chi connectivity index (χ2n) is 6.23. The van der Waals surface area contributed by atoms with E-state index in [2.05, 4.69) is 5.10 Å². The Hall–Kier alpha value is -0.630. The van der Waals surface area contributed by atoms with Crippen molar-refractivity contribution < 1.29 is 17.9 Å². The average Bonchev–Trinajstić information content (AvgIpc) is 2.95. The number of aryl methyl sites for hydroxylation is 2. The van der Waals surface area contributed by atoms with Gasteiger partial charge in [0, 0.05) is 20.1 Å². The number of hydrogen-bond acceptors (Lipinski definition) is 5. The van der Waals surface area contributed by atoms with Crippen LogP contribution in [-0.4, -0.2) is 48.9 Å². The van der Waals surface area contributed by atoms with E-state index in [1.807, 2.05) is 0 Å². The van der Waals surface area contributed by atoms with Crippen LogP contribution >= 0.6 is 11.6 Å². The minimum absolute atomic E-state index is 0.0546. The topological polar surface area (TPSA) is 70.4 Å². The molecular weight excluding hydrogens is 328 g/mol. The van der Waals surface area contributed by atoms with E-state index in [1.54, 1.807) is 14.0 Å². The molecule has 8 heteroatoms. The summed E-state index contributed by atoms with van der Waals surface area (Å²) in [7, 11) is -1.89. The Bertz CT molecular complexity index is 665. The number of nitrogens with zero attached hydrogens (tertiary/aromatic N) is 2. The molecule has 0 saturated carbocycles. The summed E-state index contributed by atoms with van der Waals surface area (Å²) in [6.45, 7) is 2.91. The summed E-state index contributed by atoms with van der Waals surface area (Å²) in [6.07, 6.45) is 3.18. The van der Waals surface area contributed by atoms with Crippen LogP contribution in [0.4, 0.5) is 0 Å². The molecular formula is C14H21ClN2O4S. The SMILES string of the molecule is Cc1nn(C)c(Cl)c1S(=O)(=O)CC1CCCC2(CCOC2)O1. The van der Waals surface area contributed by atoms with Gasteiger partial charge in [-0.1, -0.05) is 11.6 Å². The third-order valence-electron chi connectivity index (χ3n) is 4.46. The first-order chi connectivity index (χ1) is 10.3. The summed E-state index contributed by atoms with van der Waals surface area (Å²) in [6, 6.07) is 0. The van der Waals surface area contributed by atoms with Gasteiger partial charge < -0.3 is 9.47 Å². The van der Waals surface area contributed by atoms with Crippen LogP contribution in [0.3, 0.4) is 0 Å². The van der Waals surface area contributed by atoms with Crippen molar-refractivity contribution in [1.29, 1.82) is 0 Å². The van der Waals surface area contributed by atoms with E-state index >= 15 is 0 Å². The van der Waals surface area contributed by atoms with Gasteiger partial charge in [0.1, 0.15) is 10.0 Å². The first kappa shape index (κ1) is 16.2. The molecule has 2 aliphatic heterocycles. The largest absolute Gasteiger partial charge is 0.378 e. The van der Waals surface area contributed by atoms with Crippen LogP contribution < -0.4 is 0 Å². The number of aromatic nitrogens is 2. The third-order valence-corrected chi connectivity index (χ3v) is 6.93. The number of sulfone groups is 1. The van der Waals surface area contributed by atoms with Gasteiger partial charge in [0.2, 0.25) is 0 Å². The van der Waals surface area contributed by atoms with Gasteiger partial charge in [0.25, 0.3) is 0 Å². The third kappa shape index (κ3) is 2.91. The van der Waals surface area contributed by atoms with E-state index in [4.69, 9.17) is 21.1 Å². The predicted octanol–water partition coefficient (Wildman–Crippen LogP) is 1.88. The Kier molecular flexibility index (Phi) is 4.26. The first-order valence-corrected chi connectivity index (χ1v) is 9.53. The summed E-state index contributed by atoms with van der Waals surface area (Å²) >= 11 is 6.10. The lowest BCUT2D eigenvalue weighted by molar-refractivity contribution is -0.119. The van der Waals surface area contributed by atoms with Gasteiger partial charge in [-0.05, 0) is 26.2 Å². The van der Waals surface area contributed by atoms with Crippen molar-refractivity contribution in [2.75, 3.05) is 19.0 Å². The molecule has 1 aromatic rings. The van der Waals surface area contributed by atoms with Crippen LogP contribution in [0.25, 0.3) is 0 Å². The first-order valence-electron chi connectivity index (χ1n) is 7.50. The van der Waals surface area contributed by atoms with Gasteiger partial charge in [-0.2, -0.15) is 5.10 Å². The summed E-state index contributed by atoms with van der Waals surface area (Å²) in [5.41, 5.74) is 0.147. The van der Waals surface area contributed by atoms with Crippen molar-refractivity contribution in [3.63, 3.8) is 0 Å². The number of hydrogen-bond donors (Lipinski definition) is 0. The number of ether oxygens (including phenoxy) is 2. The Labute approximate surface area is 135 Å². The lowest BCUT2D eigenvalue weighted by Gasteiger charge is -2.37. The molecule has 2 unspecified atom stereocenters. The second kappa shape index (κ2) is 5.78. The van der Waals surface area contributed by atoms with Gasteiger partial charge in [-0.3, -0.25) is 4.68 Å². The van der Waals surface area contributed by atoms with Crippen LogP contribution in [0.5, 0.6) is 0 Å². The molecule has 0 aromatic carbocycles. The van der Waals surface area contributed by atoms with Crippen molar-refractivity contribution in [2.45, 2.75) is 49.2 Å². The van der Waals surface area contributed by atoms with E-state index in [1.165, 1.54) is 4.68 Å². The van der Waals surface area contributed by atoms with E-state index < -0.39 is 9.84 Å². The highest BCUT2D eigenvalue weighted by atomic mass is 35.5. The molecule has 2 fully saturated rings. The Morgan fingerprint density at radius 2 is 2.23 bits per heavy atom. The Morgan fingerprint density at radius 1 is 1.45 bits per heavy atom. The fraction of sp³-hybridized carbons (Fsp3) is 0.786. The average molecular weight is 349 g/mol. The molecule has 0 N–H and O–H groups in total. The predicted molar refractivity (Wildman–Crippen MR) is 81.9 cm³/mol. The number of halogens is 1. The summed E-state index contributed by atoms with van der Waals surface area (Å²) in [5.74, 6) is -0.0546. The summed E-state index contributed by atoms with van der Waals surface area (Å²) < 4.78 is 38.3. The standard InChI is InChI=1S/C14H21ClN2O4S/c1-10-12(13(15)17(2)16-10)22(18,19)8-11-4-3-5-14(21-11)6-7-20-9-14/h11H,3-9H2,1-2H3. The smallest absolute Gasteiger partial charge is 0.185 e. The second-order valence-corrected chi connectivity index (χ2v) is 8.56. The highest BCUT2D eigenvalue weighted by molar-refractivity contribution is 7.91. The fourth-order valence-electron chi connectivity index (χ4n) is 3.41. The van der Waals surface area contributed by atoms with E-state index in [9.17, 15) is 8.42 Å². The Morgan fingerprint density at radius 3 is 2.82 bits per heavy atom. The molecule has 124 valence electrons. The van der Waals surface area contributed by atoms with Crippen LogP contribution in [0, 0.1) is 6.92 Å². The minimum Gasteiger partial charge on any atom is -0.378 e. The van der Waals surface area contributed by atoms with Crippen molar-refractivity contribution in [3.8, 4) is 0 Å². The van der Waals surface area contributed by atoms with Gasteiger partial charge in [-0.15, -0.1) is 0 Å². The quantitative estimate of drug-likeness (QED) is 0.834. The minimum atomic E-state index is -3.53. The summed E-state index contributed by atoms with van der Waals surface area (Å²) in [4.78, 5) is 0.127. The molecule has 3 rings (SSSR count). The molecule has 2 aliphatic rings. The van der Waals surface area contributed by atoms with Gasteiger partial charge in [0.15, 0.2) is 9.84 Å². The van der Waals surface area contributed by atoms with Crippen LogP contribution in [0.2, 0.25) is 5.15 Å². The number of rotatable bonds is 3. The maximum Gasteiger partial charge on any atom is 0.185 e. The molecule has 2 saturated heterocycles. The molecule has 22 heavy (non-hydrogen) atoms. The maximum atomic E-state index is 12.7. The zero-order chi connectivity index (χ0) is 16.0. The zero-order valence-corrected chi connectivity index (χ0v) is 14.4. The van der Waals surface area contributed by atoms with Crippen LogP contribution in [0.1, 0.15) is 31.4 Å². The van der Waals surface area contributed by atoms with Gasteiger partial charge in [-0.25, -0.2) is 8.42 Å². The molecule has 3 heterocycles. The maximum absolute atomic E-state index is 12.7. The van der Waals surface area contributed by atoms with Crippen molar-refractivity contribution in [3.05, 3.63) is 10.8 Å². The molecule has 0 amide bonds. The van der Waals surface area contributed by atoms with Gasteiger partial charge >= 0.3 is 0 Å². The molecule has 1 aromatic heterocycles. The normalized spacial score (nSPS) is 29.3. The molecule has 0 radical (unpaired) electrons. The van der Waals surface area contributed by atoms with E-state index in [-0.39, 0.29) is 27.5 Å². The van der Waals surface area contributed by atoms with Gasteiger partial charge in [0.05, 0.1) is 29.8 Å². The van der Waals surface area contributed by atoms with E-state index in [0.29, 0.717) is 18.9 Å². The zero-order valence-electron chi connectivity index (χ0n) is 12.8. The lowest BCUT2D eigenvalue weighted by atomic mass is 9.91. The summed E-state index contributed by atoms with van der Waals surface area (Å²) in [5, 5.41) is 4.25. The highest BCUT2D eigenvalue weighted by Crippen LogP contribution is 2.37. The Balaban J connectivity index is 1.79. The molecule has 2 atom stereocenters. The fourth-order valence-corrected chi connectivity index (χ4v) is 5.71. The van der Waals surface area contributed by atoms with E-state index in [0.717, 1.165) is 25.7 Å². The molecule has 6 nitrogen and oxygen atoms in total. The van der Waals surface area contributed by atoms with Crippen LogP contribution in [0.15, 0.2) is 4.90 Å². The highest BCUT2D eigenvalue weighted by Gasteiger charge is 2.42. The van der Waals surface area contributed by atoms with Crippen molar-refractivity contribution in [1.82, 2.24) is 9.78 Å². The molecule has 0 bridgehead atoms. The monoisotopic (exact) mass is 348 g/mol.